The minimum atomic E-state index is 0. The summed E-state index contributed by atoms with van der Waals surface area (Å²) in [6.45, 7) is 4.41. The summed E-state index contributed by atoms with van der Waals surface area (Å²) < 4.78 is 5.35. The van der Waals surface area contributed by atoms with E-state index in [0.29, 0.717) is 25.0 Å². The maximum Gasteiger partial charge on any atom is 0.221 e. The van der Waals surface area contributed by atoms with Crippen molar-refractivity contribution < 1.29 is 9.53 Å². The highest BCUT2D eigenvalue weighted by atomic mass is 35.5. The molecule has 2 fully saturated rings. The quantitative estimate of drug-likeness (QED) is 0.818. The van der Waals surface area contributed by atoms with E-state index in [2.05, 4.69) is 17.6 Å². The van der Waals surface area contributed by atoms with Gasteiger partial charge in [-0.1, -0.05) is 12.8 Å². The monoisotopic (exact) mass is 276 g/mol. The van der Waals surface area contributed by atoms with Crippen molar-refractivity contribution in [3.63, 3.8) is 0 Å². The smallest absolute Gasteiger partial charge is 0.221 e. The molecule has 0 spiro atoms. The van der Waals surface area contributed by atoms with Gasteiger partial charge in [0.05, 0.1) is 13.2 Å². The molecule has 0 aromatic heterocycles. The molecule has 2 rings (SSSR count). The molecule has 2 aliphatic rings. The molecule has 1 amide bonds. The van der Waals surface area contributed by atoms with Gasteiger partial charge in [-0.05, 0) is 25.7 Å². The van der Waals surface area contributed by atoms with Gasteiger partial charge < -0.3 is 15.4 Å². The average molecular weight is 277 g/mol. The van der Waals surface area contributed by atoms with Gasteiger partial charge in [-0.2, -0.15) is 0 Å². The number of hydrogen-bond donors (Lipinski definition) is 2. The number of carbonyl (C=O) groups excluding carboxylic acids is 1. The molecule has 5 heteroatoms. The molecule has 2 atom stereocenters. The maximum absolute atomic E-state index is 11.9. The average Bonchev–Trinajstić information content (AvgIpc) is 2.83. The number of nitrogens with one attached hydrogen (secondary N) is 2. The van der Waals surface area contributed by atoms with Crippen molar-refractivity contribution in [1.29, 1.82) is 0 Å². The van der Waals surface area contributed by atoms with Crippen LogP contribution in [0.4, 0.5) is 0 Å². The third-order valence-electron chi connectivity index (χ3n) is 3.93. The Kier molecular flexibility index (Phi) is 6.97. The van der Waals surface area contributed by atoms with E-state index >= 15 is 0 Å². The summed E-state index contributed by atoms with van der Waals surface area (Å²) in [6, 6.07) is 0.522. The zero-order chi connectivity index (χ0) is 12.1. The Morgan fingerprint density at radius 1 is 1.44 bits per heavy atom. The van der Waals surface area contributed by atoms with Crippen LogP contribution >= 0.6 is 12.4 Å². The van der Waals surface area contributed by atoms with Crippen molar-refractivity contribution in [2.45, 2.75) is 51.1 Å². The van der Waals surface area contributed by atoms with Gasteiger partial charge in [0.25, 0.3) is 0 Å². The van der Waals surface area contributed by atoms with E-state index in [4.69, 9.17) is 4.74 Å². The van der Waals surface area contributed by atoms with Gasteiger partial charge >= 0.3 is 0 Å². The van der Waals surface area contributed by atoms with Crippen LogP contribution in [0.5, 0.6) is 0 Å². The fraction of sp³-hybridized carbons (Fsp3) is 0.923. The van der Waals surface area contributed by atoms with E-state index in [1.807, 2.05) is 0 Å². The second kappa shape index (κ2) is 7.97. The van der Waals surface area contributed by atoms with E-state index < -0.39 is 0 Å². The molecule has 18 heavy (non-hydrogen) atoms. The third kappa shape index (κ3) is 4.75. The molecule has 0 aromatic rings. The van der Waals surface area contributed by atoms with Gasteiger partial charge in [0, 0.05) is 25.0 Å². The van der Waals surface area contributed by atoms with Gasteiger partial charge in [0.2, 0.25) is 5.91 Å². The highest BCUT2D eigenvalue weighted by Crippen LogP contribution is 2.27. The lowest BCUT2D eigenvalue weighted by molar-refractivity contribution is -0.123. The van der Waals surface area contributed by atoms with Crippen LogP contribution in [0, 0.1) is 5.92 Å². The zero-order valence-electron chi connectivity index (χ0n) is 11.1. The van der Waals surface area contributed by atoms with Crippen LogP contribution in [0.1, 0.15) is 39.0 Å². The van der Waals surface area contributed by atoms with Gasteiger partial charge in [0.15, 0.2) is 0 Å². The first-order valence-corrected chi connectivity index (χ1v) is 6.86. The van der Waals surface area contributed by atoms with Gasteiger partial charge in [-0.3, -0.25) is 4.79 Å². The fourth-order valence-corrected chi connectivity index (χ4v) is 2.86. The van der Waals surface area contributed by atoms with Crippen LogP contribution in [0.15, 0.2) is 0 Å². The summed E-state index contributed by atoms with van der Waals surface area (Å²) in [6.07, 6.45) is 5.72. The molecule has 1 aliphatic carbocycles. The number of halogens is 1. The molecule has 1 heterocycles. The summed E-state index contributed by atoms with van der Waals surface area (Å²) in [5.41, 5.74) is 0. The second-order valence-electron chi connectivity index (χ2n) is 5.33. The first-order chi connectivity index (χ1) is 8.25. The number of carbonyl (C=O) groups is 1. The van der Waals surface area contributed by atoms with Crippen LogP contribution < -0.4 is 10.6 Å². The Bertz CT molecular complexity index is 251. The van der Waals surface area contributed by atoms with Crippen molar-refractivity contribution in [2.75, 3.05) is 19.8 Å². The summed E-state index contributed by atoms with van der Waals surface area (Å²) in [7, 11) is 0. The van der Waals surface area contributed by atoms with E-state index in [1.54, 1.807) is 0 Å². The van der Waals surface area contributed by atoms with Gasteiger partial charge in [0.1, 0.15) is 0 Å². The zero-order valence-corrected chi connectivity index (χ0v) is 11.9. The Morgan fingerprint density at radius 2 is 2.17 bits per heavy atom. The maximum atomic E-state index is 11.9. The molecule has 2 unspecified atom stereocenters. The van der Waals surface area contributed by atoms with Crippen molar-refractivity contribution in [1.82, 2.24) is 10.6 Å². The minimum absolute atomic E-state index is 0. The Labute approximate surface area is 116 Å². The summed E-state index contributed by atoms with van der Waals surface area (Å²) in [5, 5.41) is 6.44. The molecule has 1 saturated carbocycles. The molecule has 1 aliphatic heterocycles. The molecule has 106 valence electrons. The minimum Gasteiger partial charge on any atom is -0.378 e. The summed E-state index contributed by atoms with van der Waals surface area (Å²) >= 11 is 0. The third-order valence-corrected chi connectivity index (χ3v) is 3.93. The first-order valence-electron chi connectivity index (χ1n) is 6.86. The van der Waals surface area contributed by atoms with E-state index in [9.17, 15) is 4.79 Å². The SMILES string of the molecule is CC(NC(=O)CC1COCCN1)C1CCCC1.Cl. The predicted octanol–water partition coefficient (Wildman–Crippen LogP) is 1.48. The lowest BCUT2D eigenvalue weighted by atomic mass is 9.99. The van der Waals surface area contributed by atoms with E-state index in [-0.39, 0.29) is 24.4 Å². The highest BCUT2D eigenvalue weighted by molar-refractivity contribution is 5.85. The Hall–Kier alpha value is -0.320. The van der Waals surface area contributed by atoms with Crippen molar-refractivity contribution in [3.8, 4) is 0 Å². The Balaban J connectivity index is 0.00000162. The largest absolute Gasteiger partial charge is 0.378 e. The van der Waals surface area contributed by atoms with Crippen LogP contribution in [-0.4, -0.2) is 37.7 Å². The van der Waals surface area contributed by atoms with E-state index in [1.165, 1.54) is 25.7 Å². The predicted molar refractivity (Wildman–Crippen MR) is 74.0 cm³/mol. The summed E-state index contributed by atoms with van der Waals surface area (Å²) in [4.78, 5) is 11.9. The van der Waals surface area contributed by atoms with Crippen molar-refractivity contribution >= 4 is 18.3 Å². The fourth-order valence-electron chi connectivity index (χ4n) is 2.86. The molecule has 0 bridgehead atoms. The van der Waals surface area contributed by atoms with E-state index in [0.717, 1.165) is 13.2 Å². The van der Waals surface area contributed by atoms with Crippen LogP contribution in [0.2, 0.25) is 0 Å². The lowest BCUT2D eigenvalue weighted by Gasteiger charge is -2.25. The number of hydrogen-bond acceptors (Lipinski definition) is 3. The molecule has 2 N–H and O–H groups in total. The second-order valence-corrected chi connectivity index (χ2v) is 5.33. The van der Waals surface area contributed by atoms with Gasteiger partial charge in [-0.25, -0.2) is 0 Å². The van der Waals surface area contributed by atoms with Crippen molar-refractivity contribution in [2.24, 2.45) is 5.92 Å². The first kappa shape index (κ1) is 15.7. The topological polar surface area (TPSA) is 50.4 Å². The standard InChI is InChI=1S/C13H24N2O2.ClH/c1-10(11-4-2-3-5-11)15-13(16)8-12-9-17-7-6-14-12;/h10-12,14H,2-9H2,1H3,(H,15,16);1H. The molecule has 0 radical (unpaired) electrons. The molecular formula is C13H25ClN2O2. The van der Waals surface area contributed by atoms with Crippen LogP contribution in [0.3, 0.4) is 0 Å². The normalized spacial score (nSPS) is 26.4. The Morgan fingerprint density at radius 3 is 2.78 bits per heavy atom. The van der Waals surface area contributed by atoms with Gasteiger partial charge in [-0.15, -0.1) is 12.4 Å². The van der Waals surface area contributed by atoms with Crippen LogP contribution in [0.25, 0.3) is 0 Å². The highest BCUT2D eigenvalue weighted by Gasteiger charge is 2.24. The lowest BCUT2D eigenvalue weighted by Crippen LogP contribution is -2.46. The van der Waals surface area contributed by atoms with Crippen LogP contribution in [-0.2, 0) is 9.53 Å². The molecule has 0 aromatic carbocycles. The number of amides is 1. The number of rotatable bonds is 4. The number of ether oxygens (including phenoxy) is 1. The van der Waals surface area contributed by atoms with Crippen molar-refractivity contribution in [3.05, 3.63) is 0 Å². The number of morpholine rings is 1. The summed E-state index contributed by atoms with van der Waals surface area (Å²) in [5.74, 6) is 0.849. The molecular weight excluding hydrogens is 252 g/mol. The molecule has 1 saturated heterocycles. The molecule has 4 nitrogen and oxygen atoms in total.